The molecule has 2 aromatic carbocycles. The molecule has 0 radical (unpaired) electrons. The van der Waals surface area contributed by atoms with Crippen LogP contribution in [0.15, 0.2) is 63.7 Å². The molecule has 0 bridgehead atoms. The maximum absolute atomic E-state index is 13.4. The van der Waals surface area contributed by atoms with Crippen molar-refractivity contribution in [1.82, 2.24) is 0 Å². The summed E-state index contributed by atoms with van der Waals surface area (Å²) in [5.41, 5.74) is 7.07. The molecule has 0 aliphatic rings. The zero-order valence-electron chi connectivity index (χ0n) is 17.0. The van der Waals surface area contributed by atoms with Crippen molar-refractivity contribution in [3.05, 3.63) is 65.7 Å². The number of carbonyl (C=O) groups is 2. The van der Waals surface area contributed by atoms with Gasteiger partial charge in [0.05, 0.1) is 4.90 Å². The number of aliphatic hydroxyl groups is 1. The Bertz CT molecular complexity index is 1250. The molecule has 0 aliphatic carbocycles. The number of thiophene rings is 1. The summed E-state index contributed by atoms with van der Waals surface area (Å²) >= 11 is 0.858. The van der Waals surface area contributed by atoms with Crippen LogP contribution in [0.2, 0.25) is 0 Å². The van der Waals surface area contributed by atoms with E-state index in [0.29, 0.717) is 23.1 Å². The first-order valence-corrected chi connectivity index (χ1v) is 11.8. The smallest absolute Gasteiger partial charge is 0.253 e. The highest BCUT2D eigenvalue weighted by molar-refractivity contribution is 7.93. The standard InChI is InChI=1S/C22H22N2O5S2/c1-3-14-8-4-7-11-18(14)31(28,29)19-12-17(22(30-19)24-21(27)13(2)25)15-9-5-6-10-16(15)20(23)26/h4-13,25H,3H2,1-2H3,(H2,23,26)(H,24,27). The molecule has 1 atom stereocenters. The van der Waals surface area contributed by atoms with Crippen LogP contribution in [0.1, 0.15) is 29.8 Å². The third-order valence-corrected chi connectivity index (χ3v) is 8.09. The fourth-order valence-corrected chi connectivity index (χ4v) is 6.18. The van der Waals surface area contributed by atoms with Crippen molar-refractivity contribution in [1.29, 1.82) is 0 Å². The molecular weight excluding hydrogens is 436 g/mol. The Morgan fingerprint density at radius 3 is 2.39 bits per heavy atom. The van der Waals surface area contributed by atoms with Gasteiger partial charge in [0.25, 0.3) is 5.91 Å². The van der Waals surface area contributed by atoms with Crippen LogP contribution in [0.25, 0.3) is 11.1 Å². The van der Waals surface area contributed by atoms with Crippen molar-refractivity contribution in [2.24, 2.45) is 5.73 Å². The van der Waals surface area contributed by atoms with Crippen LogP contribution in [0.4, 0.5) is 5.00 Å². The number of hydrogen-bond donors (Lipinski definition) is 3. The average Bonchev–Trinajstić information content (AvgIpc) is 3.18. The average molecular weight is 459 g/mol. The van der Waals surface area contributed by atoms with E-state index in [2.05, 4.69) is 5.32 Å². The van der Waals surface area contributed by atoms with E-state index in [9.17, 15) is 23.1 Å². The number of aliphatic hydroxyl groups excluding tert-OH is 1. The quantitative estimate of drug-likeness (QED) is 0.501. The minimum atomic E-state index is -3.89. The third kappa shape index (κ3) is 4.53. The molecule has 0 saturated heterocycles. The lowest BCUT2D eigenvalue weighted by molar-refractivity contribution is -0.123. The van der Waals surface area contributed by atoms with Gasteiger partial charge in [0.1, 0.15) is 15.3 Å². The van der Waals surface area contributed by atoms with Gasteiger partial charge >= 0.3 is 0 Å². The zero-order chi connectivity index (χ0) is 22.8. The SMILES string of the molecule is CCc1ccccc1S(=O)(=O)c1cc(-c2ccccc2C(N)=O)c(NC(=O)C(C)O)s1. The number of primary amides is 1. The fraction of sp³-hybridized carbons (Fsp3) is 0.182. The van der Waals surface area contributed by atoms with E-state index in [1.54, 1.807) is 42.5 Å². The number of nitrogens with one attached hydrogen (secondary N) is 1. The van der Waals surface area contributed by atoms with Crippen LogP contribution in [-0.4, -0.2) is 31.4 Å². The molecule has 7 nitrogen and oxygen atoms in total. The van der Waals surface area contributed by atoms with Gasteiger partial charge in [-0.05, 0) is 42.7 Å². The van der Waals surface area contributed by atoms with E-state index < -0.39 is 27.8 Å². The van der Waals surface area contributed by atoms with Crippen LogP contribution < -0.4 is 11.1 Å². The summed E-state index contributed by atoms with van der Waals surface area (Å²) in [7, 11) is -3.89. The lowest BCUT2D eigenvalue weighted by Crippen LogP contribution is -2.24. The van der Waals surface area contributed by atoms with Crippen LogP contribution in [-0.2, 0) is 21.1 Å². The Morgan fingerprint density at radius 2 is 1.74 bits per heavy atom. The normalized spacial score (nSPS) is 12.4. The summed E-state index contributed by atoms with van der Waals surface area (Å²) in [4.78, 5) is 24.3. The first-order chi connectivity index (χ1) is 14.7. The Morgan fingerprint density at radius 1 is 1.10 bits per heavy atom. The molecule has 0 saturated carbocycles. The largest absolute Gasteiger partial charge is 0.384 e. The number of sulfone groups is 1. The van der Waals surface area contributed by atoms with E-state index >= 15 is 0 Å². The molecule has 3 rings (SSSR count). The van der Waals surface area contributed by atoms with Gasteiger partial charge in [-0.2, -0.15) is 0 Å². The first-order valence-electron chi connectivity index (χ1n) is 9.51. The molecular formula is C22H22N2O5S2. The number of carbonyl (C=O) groups excluding carboxylic acids is 2. The number of anilines is 1. The van der Waals surface area contributed by atoms with Crippen LogP contribution in [0.3, 0.4) is 0 Å². The van der Waals surface area contributed by atoms with E-state index in [-0.39, 0.29) is 19.7 Å². The van der Waals surface area contributed by atoms with E-state index in [0.717, 1.165) is 11.3 Å². The third-order valence-electron chi connectivity index (χ3n) is 4.72. The lowest BCUT2D eigenvalue weighted by Gasteiger charge is -2.10. The van der Waals surface area contributed by atoms with Gasteiger partial charge in [-0.1, -0.05) is 43.3 Å². The molecule has 3 aromatic rings. The van der Waals surface area contributed by atoms with Crippen molar-refractivity contribution in [3.63, 3.8) is 0 Å². The molecule has 1 unspecified atom stereocenters. The highest BCUT2D eigenvalue weighted by Gasteiger charge is 2.27. The van der Waals surface area contributed by atoms with Crippen molar-refractivity contribution in [2.75, 3.05) is 5.32 Å². The minimum Gasteiger partial charge on any atom is -0.384 e. The fourth-order valence-electron chi connectivity index (χ4n) is 3.11. The van der Waals surface area contributed by atoms with E-state index in [1.165, 1.54) is 19.1 Å². The first kappa shape index (κ1) is 22.7. The molecule has 31 heavy (non-hydrogen) atoms. The summed E-state index contributed by atoms with van der Waals surface area (Å²) in [6.07, 6.45) is -0.772. The Balaban J connectivity index is 2.23. The van der Waals surface area contributed by atoms with Gasteiger partial charge in [-0.15, -0.1) is 11.3 Å². The summed E-state index contributed by atoms with van der Waals surface area (Å²) in [6, 6.07) is 14.6. The Labute approximate surface area is 184 Å². The van der Waals surface area contributed by atoms with Gasteiger partial charge in [0.15, 0.2) is 0 Å². The predicted octanol–water partition coefficient (Wildman–Crippen LogP) is 3.23. The van der Waals surface area contributed by atoms with E-state index in [4.69, 9.17) is 5.73 Å². The molecule has 0 fully saturated rings. The zero-order valence-corrected chi connectivity index (χ0v) is 18.6. The van der Waals surface area contributed by atoms with Crippen molar-refractivity contribution < 1.29 is 23.1 Å². The van der Waals surface area contributed by atoms with Crippen molar-refractivity contribution in [3.8, 4) is 11.1 Å². The number of amides is 2. The number of nitrogens with two attached hydrogens (primary N) is 1. The maximum Gasteiger partial charge on any atom is 0.253 e. The number of benzene rings is 2. The highest BCUT2D eigenvalue weighted by atomic mass is 32.2. The van der Waals surface area contributed by atoms with Gasteiger partial charge < -0.3 is 16.2 Å². The van der Waals surface area contributed by atoms with Gasteiger partial charge in [-0.25, -0.2) is 8.42 Å². The number of rotatable bonds is 7. The van der Waals surface area contributed by atoms with Gasteiger partial charge in [0, 0.05) is 11.1 Å². The van der Waals surface area contributed by atoms with Crippen molar-refractivity contribution >= 4 is 38.0 Å². The maximum atomic E-state index is 13.4. The Hall–Kier alpha value is -3.01. The molecule has 1 aromatic heterocycles. The van der Waals surface area contributed by atoms with Gasteiger partial charge in [-0.3, -0.25) is 9.59 Å². The molecule has 2 amide bonds. The summed E-state index contributed by atoms with van der Waals surface area (Å²) < 4.78 is 26.8. The van der Waals surface area contributed by atoms with Crippen molar-refractivity contribution in [2.45, 2.75) is 35.5 Å². The lowest BCUT2D eigenvalue weighted by atomic mass is 10.0. The molecule has 4 N–H and O–H groups in total. The number of hydrogen-bond acceptors (Lipinski definition) is 6. The second-order valence-electron chi connectivity index (χ2n) is 6.85. The van der Waals surface area contributed by atoms with Crippen LogP contribution in [0.5, 0.6) is 0 Å². The summed E-state index contributed by atoms with van der Waals surface area (Å²) in [5, 5.41) is 12.4. The second-order valence-corrected chi connectivity index (χ2v) is 10.0. The van der Waals surface area contributed by atoms with E-state index in [1.807, 2.05) is 6.92 Å². The molecule has 0 aliphatic heterocycles. The predicted molar refractivity (Wildman–Crippen MR) is 120 cm³/mol. The topological polar surface area (TPSA) is 127 Å². The minimum absolute atomic E-state index is 0.00330. The van der Waals surface area contributed by atoms with Crippen LogP contribution >= 0.6 is 11.3 Å². The second kappa shape index (κ2) is 9.01. The van der Waals surface area contributed by atoms with Crippen LogP contribution in [0, 0.1) is 0 Å². The highest BCUT2D eigenvalue weighted by Crippen LogP contribution is 2.42. The number of aryl methyl sites for hydroxylation is 1. The summed E-state index contributed by atoms with van der Waals surface area (Å²) in [5.74, 6) is -1.38. The molecule has 0 spiro atoms. The monoisotopic (exact) mass is 458 g/mol. The molecule has 162 valence electrons. The molecule has 9 heteroatoms. The summed E-state index contributed by atoms with van der Waals surface area (Å²) in [6.45, 7) is 3.17. The Kier molecular flexibility index (Phi) is 6.59. The molecule has 1 heterocycles. The van der Waals surface area contributed by atoms with Gasteiger partial charge in [0.2, 0.25) is 15.7 Å².